The first-order valence-corrected chi connectivity index (χ1v) is 31.8. The summed E-state index contributed by atoms with van der Waals surface area (Å²) in [5, 5.41) is 87.0. The SMILES string of the molecule is CC/C=C\C/C=C\C/C=C\C/C=C\C/C=C\CCCCCCCCCCCCCCCCCCCC(=O)NC(COC1OC(CO)C(OC2OC(CO)C(O)C(O)C2O)C(O)C1O)C(O)/C=C/CC/C=C/CCCCCCCCC. The van der Waals surface area contributed by atoms with Crippen LogP contribution < -0.4 is 5.32 Å². The van der Waals surface area contributed by atoms with Crippen LogP contribution in [-0.2, 0) is 23.7 Å². The fourth-order valence-corrected chi connectivity index (χ4v) is 9.98. The number of carbonyl (C=O) groups excluding carboxylic acids is 1. The van der Waals surface area contributed by atoms with E-state index in [2.05, 4.69) is 92.1 Å². The highest BCUT2D eigenvalue weighted by Gasteiger charge is 2.51. The third-order valence-corrected chi connectivity index (χ3v) is 15.1. The Morgan fingerprint density at radius 3 is 1.38 bits per heavy atom. The van der Waals surface area contributed by atoms with Gasteiger partial charge in [-0.2, -0.15) is 0 Å². The Bertz CT molecular complexity index is 1660. The lowest BCUT2D eigenvalue weighted by atomic mass is 9.97. The fourth-order valence-electron chi connectivity index (χ4n) is 9.98. The minimum absolute atomic E-state index is 0.251. The molecule has 0 aromatic carbocycles. The molecule has 14 nitrogen and oxygen atoms in total. The summed E-state index contributed by atoms with van der Waals surface area (Å²) in [4.78, 5) is 13.3. The van der Waals surface area contributed by atoms with Gasteiger partial charge in [-0.1, -0.05) is 234 Å². The Balaban J connectivity index is 1.64. The zero-order valence-corrected chi connectivity index (χ0v) is 49.8. The molecular weight excluding hydrogens is 1010 g/mol. The van der Waals surface area contributed by atoms with Gasteiger partial charge in [0, 0.05) is 6.42 Å². The molecule has 12 unspecified atom stereocenters. The topological polar surface area (TPSA) is 228 Å². The van der Waals surface area contributed by atoms with E-state index in [9.17, 15) is 45.6 Å². The van der Waals surface area contributed by atoms with Gasteiger partial charge in [0.25, 0.3) is 0 Å². The molecule has 0 spiro atoms. The molecule has 2 fully saturated rings. The van der Waals surface area contributed by atoms with Crippen molar-refractivity contribution >= 4 is 5.91 Å². The minimum Gasteiger partial charge on any atom is -0.394 e. The molecule has 2 aliphatic rings. The molecular formula is C66H115NO13. The van der Waals surface area contributed by atoms with Gasteiger partial charge in [0.1, 0.15) is 48.8 Å². The average molecular weight is 1130 g/mol. The number of allylic oxidation sites excluding steroid dienone is 13. The average Bonchev–Trinajstić information content (AvgIpc) is 3.49. The van der Waals surface area contributed by atoms with Crippen molar-refractivity contribution in [1.29, 1.82) is 0 Å². The molecule has 2 heterocycles. The maximum atomic E-state index is 13.3. The van der Waals surface area contributed by atoms with Crippen molar-refractivity contribution in [3.8, 4) is 0 Å². The van der Waals surface area contributed by atoms with Gasteiger partial charge in [0.15, 0.2) is 12.6 Å². The van der Waals surface area contributed by atoms with E-state index in [4.69, 9.17) is 18.9 Å². The molecule has 0 aromatic heterocycles. The van der Waals surface area contributed by atoms with Gasteiger partial charge < -0.3 is 65.1 Å². The predicted molar refractivity (Wildman–Crippen MR) is 323 cm³/mol. The Labute approximate surface area is 484 Å². The number of aliphatic hydroxyl groups is 8. The number of carbonyl (C=O) groups is 1. The van der Waals surface area contributed by atoms with E-state index in [0.29, 0.717) is 12.8 Å². The number of hydrogen-bond acceptors (Lipinski definition) is 13. The smallest absolute Gasteiger partial charge is 0.220 e. The van der Waals surface area contributed by atoms with Gasteiger partial charge in [-0.15, -0.1) is 0 Å². The van der Waals surface area contributed by atoms with Crippen molar-refractivity contribution in [2.75, 3.05) is 19.8 Å². The number of amides is 1. The number of ether oxygens (including phenoxy) is 4. The molecule has 2 saturated heterocycles. The molecule has 12 atom stereocenters. The standard InChI is InChI=1S/C66H115NO13/c1-3-5-7-9-11-13-15-17-18-19-20-21-22-23-24-25-26-27-28-29-30-31-32-33-34-35-36-38-40-42-44-46-48-50-58(71)67-54(55(70)49-47-45-43-41-39-37-16-14-12-10-8-6-4-2)53-77-65-63(76)61(74)64(57(52-69)79-65)80-66-62(75)60(73)59(72)56(51-68)78-66/h5,7,11,13,17-18,20-21,23-24,39,41,47,49,54-57,59-66,68-70,72-76H,3-4,6,8-10,12,14-16,19,22,25-38,40,42-46,48,50-53H2,1-2H3,(H,67,71)/b7-5-,13-11-,18-17-,21-20-,24-23-,41-39+,49-47+. The van der Waals surface area contributed by atoms with Crippen molar-refractivity contribution in [1.82, 2.24) is 5.32 Å². The van der Waals surface area contributed by atoms with Gasteiger partial charge in [-0.05, 0) is 77.0 Å². The minimum atomic E-state index is -1.79. The van der Waals surface area contributed by atoms with Crippen LogP contribution in [0.3, 0.4) is 0 Å². The summed E-state index contributed by atoms with van der Waals surface area (Å²) in [6.07, 6.45) is 52.1. The Hall–Kier alpha value is -2.83. The lowest BCUT2D eigenvalue weighted by Crippen LogP contribution is -2.65. The second-order valence-electron chi connectivity index (χ2n) is 22.1. The molecule has 0 radical (unpaired) electrons. The molecule has 0 bridgehead atoms. The Morgan fingerprint density at radius 1 is 0.463 bits per heavy atom. The molecule has 0 aromatic rings. The van der Waals surface area contributed by atoms with Crippen molar-refractivity contribution < 1.29 is 64.6 Å². The van der Waals surface area contributed by atoms with Gasteiger partial charge in [0.2, 0.25) is 5.91 Å². The van der Waals surface area contributed by atoms with Crippen LogP contribution in [0.5, 0.6) is 0 Å². The number of aliphatic hydroxyl groups excluding tert-OH is 8. The number of hydrogen-bond donors (Lipinski definition) is 9. The first-order chi connectivity index (χ1) is 39.1. The van der Waals surface area contributed by atoms with Gasteiger partial charge in [-0.25, -0.2) is 0 Å². The van der Waals surface area contributed by atoms with E-state index in [1.165, 1.54) is 135 Å². The summed E-state index contributed by atoms with van der Waals surface area (Å²) in [5.41, 5.74) is 0. The van der Waals surface area contributed by atoms with E-state index in [1.54, 1.807) is 6.08 Å². The highest BCUT2D eigenvalue weighted by molar-refractivity contribution is 5.76. The van der Waals surface area contributed by atoms with Crippen LogP contribution in [0.4, 0.5) is 0 Å². The van der Waals surface area contributed by atoms with Gasteiger partial charge in [-0.3, -0.25) is 4.79 Å². The molecule has 9 N–H and O–H groups in total. The summed E-state index contributed by atoms with van der Waals surface area (Å²) in [6.45, 7) is 2.65. The highest BCUT2D eigenvalue weighted by Crippen LogP contribution is 2.30. The van der Waals surface area contributed by atoms with E-state index in [1.807, 2.05) is 6.08 Å². The second kappa shape index (κ2) is 50.7. The lowest BCUT2D eigenvalue weighted by Gasteiger charge is -2.46. The van der Waals surface area contributed by atoms with Crippen LogP contribution in [0.1, 0.15) is 232 Å². The van der Waals surface area contributed by atoms with Crippen LogP contribution in [0, 0.1) is 0 Å². The summed E-state index contributed by atoms with van der Waals surface area (Å²) in [7, 11) is 0. The molecule has 0 saturated carbocycles. The summed E-state index contributed by atoms with van der Waals surface area (Å²) < 4.78 is 22.8. The first kappa shape index (κ1) is 73.3. The quantitative estimate of drug-likeness (QED) is 0.0204. The third-order valence-electron chi connectivity index (χ3n) is 15.1. The maximum absolute atomic E-state index is 13.3. The number of rotatable bonds is 50. The fraction of sp³-hybridized carbons (Fsp3) is 0.773. The Kier molecular flexibility index (Phi) is 46.4. The Morgan fingerprint density at radius 2 is 0.875 bits per heavy atom. The van der Waals surface area contributed by atoms with Crippen LogP contribution in [0.25, 0.3) is 0 Å². The van der Waals surface area contributed by atoms with E-state index < -0.39 is 86.8 Å². The molecule has 14 heteroatoms. The van der Waals surface area contributed by atoms with E-state index >= 15 is 0 Å². The van der Waals surface area contributed by atoms with Gasteiger partial charge in [0.05, 0.1) is 32.0 Å². The zero-order valence-electron chi connectivity index (χ0n) is 49.8. The molecule has 1 amide bonds. The lowest BCUT2D eigenvalue weighted by molar-refractivity contribution is -0.359. The zero-order chi connectivity index (χ0) is 58.1. The van der Waals surface area contributed by atoms with E-state index in [0.717, 1.165) is 64.2 Å². The van der Waals surface area contributed by atoms with E-state index in [-0.39, 0.29) is 18.9 Å². The van der Waals surface area contributed by atoms with Gasteiger partial charge >= 0.3 is 0 Å². The summed E-state index contributed by atoms with van der Waals surface area (Å²) in [6, 6.07) is -0.934. The van der Waals surface area contributed by atoms with Crippen molar-refractivity contribution in [2.45, 2.75) is 306 Å². The van der Waals surface area contributed by atoms with Crippen molar-refractivity contribution in [3.63, 3.8) is 0 Å². The first-order valence-electron chi connectivity index (χ1n) is 31.8. The number of nitrogens with one attached hydrogen (secondary N) is 1. The van der Waals surface area contributed by atoms with Crippen molar-refractivity contribution in [3.05, 3.63) is 85.1 Å². The van der Waals surface area contributed by atoms with Crippen LogP contribution in [0.15, 0.2) is 85.1 Å². The van der Waals surface area contributed by atoms with Crippen LogP contribution in [0.2, 0.25) is 0 Å². The largest absolute Gasteiger partial charge is 0.394 e. The highest BCUT2D eigenvalue weighted by atomic mass is 16.7. The third kappa shape index (κ3) is 35.3. The van der Waals surface area contributed by atoms with Crippen LogP contribution in [-0.4, -0.2) is 140 Å². The molecule has 80 heavy (non-hydrogen) atoms. The summed E-state index contributed by atoms with van der Waals surface area (Å²) in [5.74, 6) is -0.251. The maximum Gasteiger partial charge on any atom is 0.220 e. The normalized spacial score (nSPS) is 24.8. The summed E-state index contributed by atoms with van der Waals surface area (Å²) >= 11 is 0. The monoisotopic (exact) mass is 1130 g/mol. The molecule has 2 aliphatic heterocycles. The predicted octanol–water partition coefficient (Wildman–Crippen LogP) is 11.7. The second-order valence-corrected chi connectivity index (χ2v) is 22.1. The number of unbranched alkanes of at least 4 members (excludes halogenated alkanes) is 25. The van der Waals surface area contributed by atoms with Crippen molar-refractivity contribution in [2.24, 2.45) is 0 Å². The van der Waals surface area contributed by atoms with Crippen LogP contribution >= 0.6 is 0 Å². The molecule has 2 rings (SSSR count). The molecule has 0 aliphatic carbocycles. The molecule has 462 valence electrons.